The van der Waals surface area contributed by atoms with Gasteiger partial charge in [-0.15, -0.1) is 0 Å². The van der Waals surface area contributed by atoms with Gasteiger partial charge >= 0.3 is 5.97 Å². The molecule has 0 bridgehead atoms. The largest absolute Gasteiger partial charge is 0.456 e. The summed E-state index contributed by atoms with van der Waals surface area (Å²) in [5.41, 5.74) is 0.0695. The van der Waals surface area contributed by atoms with E-state index in [9.17, 15) is 14.9 Å². The molecule has 24 heavy (non-hydrogen) atoms. The second kappa shape index (κ2) is 7.17. The first-order chi connectivity index (χ1) is 11.2. The van der Waals surface area contributed by atoms with E-state index in [1.54, 1.807) is 32.9 Å². The van der Waals surface area contributed by atoms with Gasteiger partial charge < -0.3 is 14.5 Å². The van der Waals surface area contributed by atoms with E-state index in [1.807, 2.05) is 4.90 Å². The van der Waals surface area contributed by atoms with Gasteiger partial charge in [-0.3, -0.25) is 10.1 Å². The van der Waals surface area contributed by atoms with Crippen molar-refractivity contribution in [3.05, 3.63) is 33.9 Å². The molecule has 0 amide bonds. The number of anilines is 1. The zero-order valence-electron chi connectivity index (χ0n) is 14.7. The summed E-state index contributed by atoms with van der Waals surface area (Å²) >= 11 is 0. The molecule has 7 nitrogen and oxygen atoms in total. The van der Waals surface area contributed by atoms with Gasteiger partial charge in [0.25, 0.3) is 5.69 Å². The molecule has 1 aromatic rings. The van der Waals surface area contributed by atoms with E-state index < -0.39 is 16.5 Å². The van der Waals surface area contributed by atoms with E-state index >= 15 is 0 Å². The molecule has 132 valence electrons. The van der Waals surface area contributed by atoms with Crippen LogP contribution in [0.3, 0.4) is 0 Å². The van der Waals surface area contributed by atoms with Crippen molar-refractivity contribution in [2.75, 3.05) is 37.6 Å². The minimum Gasteiger partial charge on any atom is -0.456 e. The van der Waals surface area contributed by atoms with Gasteiger partial charge in [-0.2, -0.15) is 0 Å². The number of rotatable bonds is 4. The molecule has 0 aromatic heterocycles. The number of nitro benzene ring substituents is 1. The molecule has 1 aliphatic heterocycles. The van der Waals surface area contributed by atoms with Gasteiger partial charge in [0, 0.05) is 32.2 Å². The van der Waals surface area contributed by atoms with Crippen molar-refractivity contribution in [2.24, 2.45) is 0 Å². The number of benzene rings is 1. The van der Waals surface area contributed by atoms with Crippen LogP contribution in [0, 0.1) is 10.1 Å². The molecule has 0 spiro atoms. The Hall–Kier alpha value is -2.15. The van der Waals surface area contributed by atoms with Crippen molar-refractivity contribution in [1.82, 2.24) is 4.90 Å². The Bertz CT molecular complexity index is 617. The first-order valence-corrected chi connectivity index (χ1v) is 8.20. The first-order valence-electron chi connectivity index (χ1n) is 8.20. The van der Waals surface area contributed by atoms with Gasteiger partial charge in [0.05, 0.1) is 10.5 Å². The number of ether oxygens (including phenoxy) is 1. The van der Waals surface area contributed by atoms with Gasteiger partial charge in [0.15, 0.2) is 0 Å². The van der Waals surface area contributed by atoms with Crippen molar-refractivity contribution in [3.8, 4) is 0 Å². The minimum atomic E-state index is -0.638. The van der Waals surface area contributed by atoms with Crippen LogP contribution in [-0.4, -0.2) is 54.1 Å². The maximum atomic E-state index is 12.1. The van der Waals surface area contributed by atoms with E-state index in [0.29, 0.717) is 5.69 Å². The first kappa shape index (κ1) is 18.2. The molecule has 0 atom stereocenters. The lowest BCUT2D eigenvalue weighted by Crippen LogP contribution is -2.46. The highest BCUT2D eigenvalue weighted by atomic mass is 16.6. The van der Waals surface area contributed by atoms with Crippen LogP contribution in [0.5, 0.6) is 0 Å². The van der Waals surface area contributed by atoms with Crippen LogP contribution in [0.2, 0.25) is 0 Å². The Morgan fingerprint density at radius 2 is 1.88 bits per heavy atom. The van der Waals surface area contributed by atoms with E-state index in [0.717, 1.165) is 32.7 Å². The molecule has 1 heterocycles. The fourth-order valence-corrected chi connectivity index (χ4v) is 2.71. The highest BCUT2D eigenvalue weighted by molar-refractivity contribution is 5.91. The number of nitrogens with zero attached hydrogens (tertiary/aromatic N) is 3. The van der Waals surface area contributed by atoms with Crippen molar-refractivity contribution in [3.63, 3.8) is 0 Å². The Morgan fingerprint density at radius 1 is 1.25 bits per heavy atom. The predicted molar refractivity (Wildman–Crippen MR) is 92.6 cm³/mol. The number of esters is 1. The number of likely N-dealkylation sites (N-methyl/N-ethyl adjacent to an activating group) is 1. The molecule has 1 aliphatic rings. The second-order valence-electron chi connectivity index (χ2n) is 6.88. The van der Waals surface area contributed by atoms with Gasteiger partial charge in [0.2, 0.25) is 0 Å². The minimum absolute atomic E-state index is 0.0525. The molecule has 0 saturated carbocycles. The molecule has 1 fully saturated rings. The average Bonchev–Trinajstić information content (AvgIpc) is 2.52. The number of carbonyl (C=O) groups is 1. The van der Waals surface area contributed by atoms with Gasteiger partial charge in [-0.05, 0) is 39.4 Å². The number of nitro groups is 1. The summed E-state index contributed by atoms with van der Waals surface area (Å²) in [6.45, 7) is 11.6. The number of carbonyl (C=O) groups excluding carboxylic acids is 1. The topological polar surface area (TPSA) is 75.9 Å². The molecule has 2 rings (SSSR count). The van der Waals surface area contributed by atoms with Crippen LogP contribution in [0.25, 0.3) is 0 Å². The smallest absolute Gasteiger partial charge is 0.338 e. The highest BCUT2D eigenvalue weighted by Gasteiger charge is 2.26. The van der Waals surface area contributed by atoms with Crippen LogP contribution in [0.1, 0.15) is 38.1 Å². The third-order valence-electron chi connectivity index (χ3n) is 3.97. The molecule has 7 heteroatoms. The Balaban J connectivity index is 2.24. The van der Waals surface area contributed by atoms with Crippen LogP contribution in [0.4, 0.5) is 11.4 Å². The van der Waals surface area contributed by atoms with E-state index in [2.05, 4.69) is 11.8 Å². The van der Waals surface area contributed by atoms with Crippen molar-refractivity contribution in [1.29, 1.82) is 0 Å². The lowest BCUT2D eigenvalue weighted by atomic mass is 10.1. The van der Waals surface area contributed by atoms with Gasteiger partial charge in [0.1, 0.15) is 11.3 Å². The maximum Gasteiger partial charge on any atom is 0.338 e. The van der Waals surface area contributed by atoms with E-state index in [1.165, 1.54) is 6.07 Å². The number of hydrogen-bond donors (Lipinski definition) is 0. The summed E-state index contributed by atoms with van der Waals surface area (Å²) in [6.07, 6.45) is 0. The lowest BCUT2D eigenvalue weighted by molar-refractivity contribution is -0.384. The molecule has 1 aromatic carbocycles. The second-order valence-corrected chi connectivity index (χ2v) is 6.88. The van der Waals surface area contributed by atoms with Crippen molar-refractivity contribution < 1.29 is 14.5 Å². The summed E-state index contributed by atoms with van der Waals surface area (Å²) in [6, 6.07) is 4.57. The molecule has 0 radical (unpaired) electrons. The normalized spacial score (nSPS) is 16.1. The van der Waals surface area contributed by atoms with Crippen LogP contribution >= 0.6 is 0 Å². The fourth-order valence-electron chi connectivity index (χ4n) is 2.71. The van der Waals surface area contributed by atoms with Crippen LogP contribution in [-0.2, 0) is 4.74 Å². The molecule has 0 aliphatic carbocycles. The van der Waals surface area contributed by atoms with Gasteiger partial charge in [-0.25, -0.2) is 4.79 Å². The third kappa shape index (κ3) is 4.44. The number of hydrogen-bond acceptors (Lipinski definition) is 6. The van der Waals surface area contributed by atoms with Crippen LogP contribution < -0.4 is 4.90 Å². The zero-order valence-corrected chi connectivity index (χ0v) is 14.7. The predicted octanol–water partition coefficient (Wildman–Crippen LogP) is 2.69. The molecule has 1 saturated heterocycles. The quantitative estimate of drug-likeness (QED) is 0.478. The Morgan fingerprint density at radius 3 is 2.38 bits per heavy atom. The Kier molecular flexibility index (Phi) is 5.43. The Labute approximate surface area is 142 Å². The van der Waals surface area contributed by atoms with E-state index in [4.69, 9.17) is 4.74 Å². The fraction of sp³-hybridized carbons (Fsp3) is 0.588. The molecular weight excluding hydrogens is 310 g/mol. The monoisotopic (exact) mass is 335 g/mol. The standard InChI is InChI=1S/C17H25N3O4/c1-5-18-8-10-19(11-9-18)14-7-6-13(12-15(14)20(22)23)16(21)24-17(2,3)4/h6-7,12H,5,8-11H2,1-4H3. The summed E-state index contributed by atoms with van der Waals surface area (Å²) in [5.74, 6) is -0.548. The summed E-state index contributed by atoms with van der Waals surface area (Å²) in [7, 11) is 0. The molecular formula is C17H25N3O4. The van der Waals surface area contributed by atoms with Crippen LogP contribution in [0.15, 0.2) is 18.2 Å². The summed E-state index contributed by atoms with van der Waals surface area (Å²) in [4.78, 5) is 27.5. The molecule has 0 unspecified atom stereocenters. The van der Waals surface area contributed by atoms with Crippen molar-refractivity contribution in [2.45, 2.75) is 33.3 Å². The average molecular weight is 335 g/mol. The lowest BCUT2D eigenvalue weighted by Gasteiger charge is -2.35. The highest BCUT2D eigenvalue weighted by Crippen LogP contribution is 2.30. The van der Waals surface area contributed by atoms with E-state index in [-0.39, 0.29) is 11.3 Å². The summed E-state index contributed by atoms with van der Waals surface area (Å²) < 4.78 is 5.29. The maximum absolute atomic E-state index is 12.1. The van der Waals surface area contributed by atoms with Gasteiger partial charge in [-0.1, -0.05) is 6.92 Å². The SMILES string of the molecule is CCN1CCN(c2ccc(C(=O)OC(C)(C)C)cc2[N+](=O)[O-])CC1. The third-order valence-corrected chi connectivity index (χ3v) is 3.97. The van der Waals surface area contributed by atoms with Crippen molar-refractivity contribution >= 4 is 17.3 Å². The zero-order chi connectivity index (χ0) is 17.9. The summed E-state index contributed by atoms with van der Waals surface area (Å²) in [5, 5.41) is 11.5. The molecule has 0 N–H and O–H groups in total. The number of piperazine rings is 1.